The Hall–Kier alpha value is -2.57. The zero-order chi connectivity index (χ0) is 19.1. The van der Waals surface area contributed by atoms with Gasteiger partial charge in [-0.2, -0.15) is 5.10 Å². The van der Waals surface area contributed by atoms with Crippen LogP contribution < -0.4 is 14.9 Å². The van der Waals surface area contributed by atoms with Gasteiger partial charge in [-0.05, 0) is 42.3 Å². The van der Waals surface area contributed by atoms with Crippen molar-refractivity contribution in [1.82, 2.24) is 4.98 Å². The van der Waals surface area contributed by atoms with Crippen LogP contribution in [0.4, 0.5) is 5.13 Å². The van der Waals surface area contributed by atoms with Gasteiger partial charge in [0.1, 0.15) is 11.5 Å². The first kappa shape index (κ1) is 19.2. The van der Waals surface area contributed by atoms with Gasteiger partial charge in [0.25, 0.3) is 0 Å². The number of thiazole rings is 1. The highest BCUT2D eigenvalue weighted by Gasteiger charge is 2.09. The molecule has 1 N–H and O–H groups in total. The number of hydrogen-bond acceptors (Lipinski definition) is 6. The fraction of sp³-hybridized carbons (Fsp3) is 0.200. The third-order valence-corrected chi connectivity index (χ3v) is 4.72. The molecule has 0 saturated heterocycles. The maximum absolute atomic E-state index is 6.23. The van der Waals surface area contributed by atoms with Crippen molar-refractivity contribution in [2.45, 2.75) is 13.3 Å². The molecule has 0 unspecified atom stereocenters. The summed E-state index contributed by atoms with van der Waals surface area (Å²) in [6.45, 7) is 2.70. The van der Waals surface area contributed by atoms with Crippen molar-refractivity contribution in [2.75, 3.05) is 19.1 Å². The fourth-order valence-corrected chi connectivity index (χ4v) is 3.30. The number of hydrogen-bond donors (Lipinski definition) is 1. The van der Waals surface area contributed by atoms with E-state index < -0.39 is 0 Å². The van der Waals surface area contributed by atoms with Crippen LogP contribution in [0.15, 0.2) is 52.9 Å². The number of anilines is 1. The molecule has 0 atom stereocenters. The van der Waals surface area contributed by atoms with E-state index in [9.17, 15) is 0 Å². The molecule has 0 fully saturated rings. The first-order valence-electron chi connectivity index (χ1n) is 8.51. The molecule has 5 nitrogen and oxygen atoms in total. The van der Waals surface area contributed by atoms with Gasteiger partial charge in [0, 0.05) is 10.9 Å². The lowest BCUT2D eigenvalue weighted by Crippen LogP contribution is -1.96. The number of ether oxygens (including phenoxy) is 2. The van der Waals surface area contributed by atoms with Gasteiger partial charge in [-0.15, -0.1) is 11.3 Å². The predicted molar refractivity (Wildman–Crippen MR) is 113 cm³/mol. The molecule has 0 spiro atoms. The van der Waals surface area contributed by atoms with Crippen LogP contribution in [0.2, 0.25) is 5.02 Å². The minimum atomic E-state index is 0.570. The molecule has 0 radical (unpaired) electrons. The van der Waals surface area contributed by atoms with E-state index in [1.165, 1.54) is 11.3 Å². The van der Waals surface area contributed by atoms with E-state index >= 15 is 0 Å². The molecule has 3 rings (SSSR count). The standard InChI is InChI=1S/C20H20ClN3O2S/c1-3-10-26-19-9-8-14(11-16(19)21)12-22-24-20-23-17(13-27-20)15-6-4-5-7-18(15)25-2/h4-9,11-13H,3,10H2,1-2H3,(H,23,24)/b22-12-. The van der Waals surface area contributed by atoms with E-state index in [-0.39, 0.29) is 0 Å². The Labute approximate surface area is 167 Å². The average Bonchev–Trinajstić information content (AvgIpc) is 3.16. The first-order valence-corrected chi connectivity index (χ1v) is 9.77. The lowest BCUT2D eigenvalue weighted by atomic mass is 10.1. The number of benzene rings is 2. The van der Waals surface area contributed by atoms with Crippen molar-refractivity contribution < 1.29 is 9.47 Å². The topological polar surface area (TPSA) is 55.7 Å². The SMILES string of the molecule is CCCOc1ccc(/C=N\Nc2nc(-c3ccccc3OC)cs2)cc1Cl. The Morgan fingerprint density at radius 2 is 2.07 bits per heavy atom. The van der Waals surface area contributed by atoms with E-state index in [2.05, 4.69) is 22.4 Å². The Morgan fingerprint density at radius 3 is 2.85 bits per heavy atom. The third kappa shape index (κ3) is 4.99. The maximum Gasteiger partial charge on any atom is 0.203 e. The monoisotopic (exact) mass is 401 g/mol. The summed E-state index contributed by atoms with van der Waals surface area (Å²) in [4.78, 5) is 4.55. The summed E-state index contributed by atoms with van der Waals surface area (Å²) in [7, 11) is 1.65. The highest BCUT2D eigenvalue weighted by atomic mass is 35.5. The van der Waals surface area contributed by atoms with Gasteiger partial charge in [0.15, 0.2) is 0 Å². The van der Waals surface area contributed by atoms with Crippen molar-refractivity contribution in [2.24, 2.45) is 5.10 Å². The number of halogens is 1. The van der Waals surface area contributed by atoms with Crippen molar-refractivity contribution >= 4 is 34.3 Å². The normalized spacial score (nSPS) is 10.9. The summed E-state index contributed by atoms with van der Waals surface area (Å²) in [6.07, 6.45) is 2.63. The molecule has 3 aromatic rings. The van der Waals surface area contributed by atoms with E-state index in [0.29, 0.717) is 22.5 Å². The molecule has 7 heteroatoms. The highest BCUT2D eigenvalue weighted by Crippen LogP contribution is 2.31. The van der Waals surface area contributed by atoms with Gasteiger partial charge in [0.05, 0.1) is 30.6 Å². The number of para-hydroxylation sites is 1. The van der Waals surface area contributed by atoms with Gasteiger partial charge >= 0.3 is 0 Å². The second-order valence-corrected chi connectivity index (χ2v) is 6.91. The van der Waals surface area contributed by atoms with Gasteiger partial charge in [-0.3, -0.25) is 5.43 Å². The number of hydrazone groups is 1. The van der Waals surface area contributed by atoms with Crippen LogP contribution in [-0.2, 0) is 0 Å². The first-order chi connectivity index (χ1) is 13.2. The molecule has 0 saturated carbocycles. The van der Waals surface area contributed by atoms with Crippen molar-refractivity contribution in [3.63, 3.8) is 0 Å². The molecule has 27 heavy (non-hydrogen) atoms. The second-order valence-electron chi connectivity index (χ2n) is 5.65. The molecule has 0 aliphatic heterocycles. The van der Waals surface area contributed by atoms with Crippen LogP contribution in [-0.4, -0.2) is 24.9 Å². The highest BCUT2D eigenvalue weighted by molar-refractivity contribution is 7.14. The zero-order valence-electron chi connectivity index (χ0n) is 15.1. The third-order valence-electron chi connectivity index (χ3n) is 3.68. The molecular weight excluding hydrogens is 382 g/mol. The van der Waals surface area contributed by atoms with Crippen molar-refractivity contribution in [1.29, 1.82) is 0 Å². The van der Waals surface area contributed by atoms with Gasteiger partial charge in [-0.25, -0.2) is 4.98 Å². The molecule has 0 amide bonds. The Morgan fingerprint density at radius 1 is 1.22 bits per heavy atom. The Bertz CT molecular complexity index is 927. The molecule has 2 aromatic carbocycles. The van der Waals surface area contributed by atoms with E-state index in [1.807, 2.05) is 47.8 Å². The minimum Gasteiger partial charge on any atom is -0.496 e. The summed E-state index contributed by atoms with van der Waals surface area (Å²) in [5.74, 6) is 1.47. The molecule has 1 aromatic heterocycles. The molecule has 140 valence electrons. The van der Waals surface area contributed by atoms with Crippen molar-refractivity contribution in [3.8, 4) is 22.8 Å². The smallest absolute Gasteiger partial charge is 0.203 e. The number of aromatic nitrogens is 1. The van der Waals surface area contributed by atoms with Crippen LogP contribution in [0.3, 0.4) is 0 Å². The van der Waals surface area contributed by atoms with Crippen LogP contribution in [0.1, 0.15) is 18.9 Å². The fourth-order valence-electron chi connectivity index (χ4n) is 2.39. The van der Waals surface area contributed by atoms with Crippen LogP contribution in [0.5, 0.6) is 11.5 Å². The van der Waals surface area contributed by atoms with Gasteiger partial charge < -0.3 is 9.47 Å². The summed E-state index contributed by atoms with van der Waals surface area (Å²) in [6, 6.07) is 13.4. The average molecular weight is 402 g/mol. The van der Waals surface area contributed by atoms with Crippen LogP contribution in [0, 0.1) is 0 Å². The number of nitrogens with one attached hydrogen (secondary N) is 1. The van der Waals surface area contributed by atoms with Crippen LogP contribution >= 0.6 is 22.9 Å². The molecule has 1 heterocycles. The van der Waals surface area contributed by atoms with Gasteiger partial charge in [0.2, 0.25) is 5.13 Å². The van der Waals surface area contributed by atoms with E-state index in [0.717, 1.165) is 29.0 Å². The van der Waals surface area contributed by atoms with E-state index in [1.54, 1.807) is 13.3 Å². The summed E-state index contributed by atoms with van der Waals surface area (Å²) >= 11 is 7.71. The number of rotatable bonds is 8. The summed E-state index contributed by atoms with van der Waals surface area (Å²) < 4.78 is 11.0. The number of methoxy groups -OCH3 is 1. The quantitative estimate of drug-likeness (QED) is 0.388. The molecule has 0 aliphatic rings. The predicted octanol–water partition coefficient (Wildman–Crippen LogP) is 5.71. The summed E-state index contributed by atoms with van der Waals surface area (Å²) in [5, 5.41) is 7.47. The lowest BCUT2D eigenvalue weighted by Gasteiger charge is -2.06. The van der Waals surface area contributed by atoms with Crippen molar-refractivity contribution in [3.05, 3.63) is 58.4 Å². The molecular formula is C20H20ClN3O2S. The Kier molecular flexibility index (Phi) is 6.68. The molecule has 0 bridgehead atoms. The summed E-state index contributed by atoms with van der Waals surface area (Å²) in [5.41, 5.74) is 5.61. The minimum absolute atomic E-state index is 0.570. The second kappa shape index (κ2) is 9.39. The van der Waals surface area contributed by atoms with Gasteiger partial charge in [-0.1, -0.05) is 30.7 Å². The maximum atomic E-state index is 6.23. The lowest BCUT2D eigenvalue weighted by molar-refractivity contribution is 0.317. The van der Waals surface area contributed by atoms with E-state index in [4.69, 9.17) is 21.1 Å². The van der Waals surface area contributed by atoms with Crippen LogP contribution in [0.25, 0.3) is 11.3 Å². The number of nitrogens with zero attached hydrogens (tertiary/aromatic N) is 2. The Balaban J connectivity index is 1.65. The molecule has 0 aliphatic carbocycles. The largest absolute Gasteiger partial charge is 0.496 e. The zero-order valence-corrected chi connectivity index (χ0v) is 16.7.